The van der Waals surface area contributed by atoms with Crippen LogP contribution in [0.2, 0.25) is 0 Å². The number of para-hydroxylation sites is 1. The Hall–Kier alpha value is -3.78. The smallest absolute Gasteiger partial charge is 0.326 e. The van der Waals surface area contributed by atoms with Crippen LogP contribution in [0, 0.1) is 0 Å². The van der Waals surface area contributed by atoms with E-state index in [1.807, 2.05) is 24.3 Å². The zero-order valence-electron chi connectivity index (χ0n) is 19.6. The maximum absolute atomic E-state index is 13.1. The van der Waals surface area contributed by atoms with E-state index in [9.17, 15) is 24.3 Å². The highest BCUT2D eigenvalue weighted by Gasteiger charge is 2.29. The summed E-state index contributed by atoms with van der Waals surface area (Å²) in [4.78, 5) is 56.3. The number of aliphatic imine (C=N–C) groups is 1. The number of aliphatic carboxylic acids is 1. The number of amides is 3. The van der Waals surface area contributed by atoms with Crippen LogP contribution in [0.4, 0.5) is 0 Å². The molecule has 1 aromatic carbocycles. The third-order valence-electron chi connectivity index (χ3n) is 5.31. The summed E-state index contributed by atoms with van der Waals surface area (Å²) in [5.74, 6) is -3.34. The van der Waals surface area contributed by atoms with Crippen molar-refractivity contribution in [2.45, 2.75) is 37.4 Å². The number of nitrogens with zero attached hydrogens (tertiary/aromatic N) is 1. The first-order valence-corrected chi connectivity index (χ1v) is 11.8. The van der Waals surface area contributed by atoms with Gasteiger partial charge in [0.25, 0.3) is 0 Å². The largest absolute Gasteiger partial charge is 0.480 e. The van der Waals surface area contributed by atoms with E-state index < -0.39 is 41.8 Å². The molecule has 196 valence electrons. The van der Waals surface area contributed by atoms with Gasteiger partial charge in [0.1, 0.15) is 18.1 Å². The number of H-pyrrole nitrogens is 1. The van der Waals surface area contributed by atoms with Gasteiger partial charge in [0.05, 0.1) is 6.54 Å². The van der Waals surface area contributed by atoms with Gasteiger partial charge in [-0.2, -0.15) is 12.6 Å². The number of hydrogen-bond donors (Lipinski definition) is 9. The van der Waals surface area contributed by atoms with Crippen molar-refractivity contribution in [1.29, 1.82) is 0 Å². The molecule has 2 rings (SSSR count). The van der Waals surface area contributed by atoms with Gasteiger partial charge in [0, 0.05) is 35.8 Å². The van der Waals surface area contributed by atoms with Gasteiger partial charge in [-0.15, -0.1) is 0 Å². The molecular weight excluding hydrogens is 488 g/mol. The number of aromatic nitrogens is 1. The summed E-state index contributed by atoms with van der Waals surface area (Å²) >= 11 is 4.07. The van der Waals surface area contributed by atoms with Crippen molar-refractivity contribution in [2.75, 3.05) is 18.8 Å². The lowest BCUT2D eigenvalue weighted by Gasteiger charge is -2.24. The molecule has 0 radical (unpaired) electrons. The molecule has 13 nitrogen and oxygen atoms in total. The number of carboxylic acids is 1. The summed E-state index contributed by atoms with van der Waals surface area (Å²) < 4.78 is 0. The molecule has 3 unspecified atom stereocenters. The van der Waals surface area contributed by atoms with E-state index in [0.29, 0.717) is 12.0 Å². The first kappa shape index (κ1) is 28.5. The van der Waals surface area contributed by atoms with Crippen LogP contribution in [0.5, 0.6) is 0 Å². The molecule has 1 aromatic heterocycles. The molecule has 0 aliphatic rings. The summed E-state index contributed by atoms with van der Waals surface area (Å²) in [7, 11) is 0. The van der Waals surface area contributed by atoms with E-state index in [4.69, 9.17) is 17.2 Å². The lowest BCUT2D eigenvalue weighted by molar-refractivity contribution is -0.142. The average Bonchev–Trinajstić information content (AvgIpc) is 3.26. The highest BCUT2D eigenvalue weighted by Crippen LogP contribution is 2.19. The molecule has 0 saturated carbocycles. The third kappa shape index (κ3) is 8.46. The summed E-state index contributed by atoms with van der Waals surface area (Å²) in [5.41, 5.74) is 17.5. The molecule has 0 spiro atoms. The van der Waals surface area contributed by atoms with Gasteiger partial charge in [-0.1, -0.05) is 18.2 Å². The average molecular weight is 521 g/mol. The molecule has 0 saturated heterocycles. The Morgan fingerprint density at radius 3 is 2.33 bits per heavy atom. The van der Waals surface area contributed by atoms with Crippen molar-refractivity contribution in [1.82, 2.24) is 20.9 Å². The van der Waals surface area contributed by atoms with Gasteiger partial charge in [0.2, 0.25) is 17.7 Å². The quantitative estimate of drug-likeness (QED) is 0.0595. The van der Waals surface area contributed by atoms with Crippen molar-refractivity contribution in [2.24, 2.45) is 22.2 Å². The number of nitrogens with two attached hydrogens (primary N) is 3. The van der Waals surface area contributed by atoms with E-state index >= 15 is 0 Å². The van der Waals surface area contributed by atoms with E-state index in [1.54, 1.807) is 6.20 Å². The Labute approximate surface area is 213 Å². The lowest BCUT2D eigenvalue weighted by atomic mass is 10.0. The number of carboxylic acid groups (broad SMARTS) is 1. The Balaban J connectivity index is 2.16. The van der Waals surface area contributed by atoms with Crippen molar-refractivity contribution in [3.05, 3.63) is 36.0 Å². The maximum Gasteiger partial charge on any atom is 0.326 e. The predicted molar refractivity (Wildman–Crippen MR) is 138 cm³/mol. The Bertz CT molecular complexity index is 1100. The van der Waals surface area contributed by atoms with Gasteiger partial charge in [0.15, 0.2) is 5.96 Å². The summed E-state index contributed by atoms with van der Waals surface area (Å²) in [6.07, 6.45) is 2.14. The van der Waals surface area contributed by atoms with Crippen LogP contribution in [0.1, 0.15) is 18.4 Å². The number of thiol groups is 1. The summed E-state index contributed by atoms with van der Waals surface area (Å²) in [5, 5.41) is 18.1. The first-order valence-electron chi connectivity index (χ1n) is 11.2. The fourth-order valence-corrected chi connectivity index (χ4v) is 3.74. The molecule has 0 aliphatic carbocycles. The molecule has 2 aromatic rings. The van der Waals surface area contributed by atoms with Gasteiger partial charge >= 0.3 is 5.97 Å². The number of aromatic amines is 1. The van der Waals surface area contributed by atoms with E-state index in [-0.39, 0.29) is 37.6 Å². The number of hydrogen-bond acceptors (Lipinski definition) is 7. The van der Waals surface area contributed by atoms with Gasteiger partial charge in [-0.3, -0.25) is 19.4 Å². The number of carbonyl (C=O) groups excluding carboxylic acids is 3. The van der Waals surface area contributed by atoms with E-state index in [0.717, 1.165) is 10.9 Å². The molecule has 36 heavy (non-hydrogen) atoms. The van der Waals surface area contributed by atoms with Crippen LogP contribution in [0.3, 0.4) is 0 Å². The molecule has 3 amide bonds. The zero-order valence-corrected chi connectivity index (χ0v) is 20.5. The number of fused-ring (bicyclic) bond motifs is 1. The third-order valence-corrected chi connectivity index (χ3v) is 5.68. The molecule has 0 bridgehead atoms. The highest BCUT2D eigenvalue weighted by atomic mass is 32.1. The van der Waals surface area contributed by atoms with Crippen molar-refractivity contribution in [3.63, 3.8) is 0 Å². The number of guanidine groups is 1. The van der Waals surface area contributed by atoms with E-state index in [1.165, 1.54) is 0 Å². The molecule has 0 fully saturated rings. The standard InChI is InChI=1S/C22H32N8O5S/c23-9-18(31)28-17(11-36)20(33)29-15(6-3-7-26-22(24)25)19(32)30-16(21(34)35)8-12-10-27-14-5-2-1-4-13(12)14/h1-2,4-5,10,15-17,27,36H,3,6-9,11,23H2,(H,28,31)(H,29,33)(H,30,32)(H,34,35)(H4,24,25,26). The number of nitrogens with one attached hydrogen (secondary N) is 4. The fraction of sp³-hybridized carbons (Fsp3) is 0.409. The molecule has 11 N–H and O–H groups in total. The second-order valence-corrected chi connectivity index (χ2v) is 8.34. The van der Waals surface area contributed by atoms with Gasteiger partial charge in [-0.05, 0) is 24.5 Å². The first-order chi connectivity index (χ1) is 17.2. The van der Waals surface area contributed by atoms with Crippen LogP contribution >= 0.6 is 12.6 Å². The normalized spacial score (nSPS) is 13.3. The van der Waals surface area contributed by atoms with Crippen LogP contribution in [0.25, 0.3) is 10.9 Å². The van der Waals surface area contributed by atoms with Crippen molar-refractivity contribution < 1.29 is 24.3 Å². The highest BCUT2D eigenvalue weighted by molar-refractivity contribution is 7.80. The Morgan fingerprint density at radius 2 is 1.69 bits per heavy atom. The lowest BCUT2D eigenvalue weighted by Crippen LogP contribution is -2.57. The van der Waals surface area contributed by atoms with Crippen LogP contribution in [-0.4, -0.2) is 76.7 Å². The number of benzene rings is 1. The minimum absolute atomic E-state index is 0.0194. The molecular formula is C22H32N8O5S. The van der Waals surface area contributed by atoms with Crippen LogP contribution in [-0.2, 0) is 25.6 Å². The summed E-state index contributed by atoms with van der Waals surface area (Å²) in [6.45, 7) is -0.131. The van der Waals surface area contributed by atoms with Gasteiger partial charge < -0.3 is 43.2 Å². The monoisotopic (exact) mass is 520 g/mol. The Morgan fingerprint density at radius 1 is 1.03 bits per heavy atom. The van der Waals surface area contributed by atoms with Crippen molar-refractivity contribution in [3.8, 4) is 0 Å². The minimum Gasteiger partial charge on any atom is -0.480 e. The second kappa shape index (κ2) is 13.9. The topological polar surface area (TPSA) is 231 Å². The number of rotatable bonds is 14. The van der Waals surface area contributed by atoms with Crippen LogP contribution in [0.15, 0.2) is 35.5 Å². The minimum atomic E-state index is -1.26. The zero-order chi connectivity index (χ0) is 26.7. The molecule has 0 aliphatic heterocycles. The SMILES string of the molecule is NCC(=O)NC(CS)C(=O)NC(CCCN=C(N)N)C(=O)NC(Cc1c[nH]c2ccccc12)C(=O)O. The Kier molecular flexibility index (Phi) is 11.0. The fourth-order valence-electron chi connectivity index (χ4n) is 3.48. The predicted octanol–water partition coefficient (Wildman–Crippen LogP) is -1.81. The second-order valence-electron chi connectivity index (χ2n) is 7.98. The molecule has 14 heteroatoms. The number of carbonyl (C=O) groups is 4. The van der Waals surface area contributed by atoms with E-state index in [2.05, 4.69) is 38.6 Å². The van der Waals surface area contributed by atoms with Crippen LogP contribution < -0.4 is 33.2 Å². The molecule has 3 atom stereocenters. The van der Waals surface area contributed by atoms with Crippen molar-refractivity contribution >= 4 is 53.2 Å². The maximum atomic E-state index is 13.1. The molecule has 1 heterocycles. The summed E-state index contributed by atoms with van der Waals surface area (Å²) in [6, 6.07) is 3.97. The van der Waals surface area contributed by atoms with Gasteiger partial charge in [-0.25, -0.2) is 4.79 Å².